The van der Waals surface area contributed by atoms with Crippen LogP contribution < -0.4 is 10.1 Å². The summed E-state index contributed by atoms with van der Waals surface area (Å²) < 4.78 is 5.65. The molecule has 1 fully saturated rings. The first kappa shape index (κ1) is 26.7. The minimum absolute atomic E-state index is 0.202. The molecule has 4 atom stereocenters. The monoisotopic (exact) mass is 566 g/mol. The van der Waals surface area contributed by atoms with E-state index in [0.717, 1.165) is 22.3 Å². The van der Waals surface area contributed by atoms with Crippen molar-refractivity contribution < 1.29 is 19.1 Å². The van der Waals surface area contributed by atoms with Crippen molar-refractivity contribution in [2.24, 2.45) is 5.92 Å². The van der Waals surface area contributed by atoms with Gasteiger partial charge in [0, 0.05) is 23.0 Å². The highest BCUT2D eigenvalue weighted by molar-refractivity contribution is 6.16. The first-order valence-electron chi connectivity index (χ1n) is 14.4. The lowest BCUT2D eigenvalue weighted by Gasteiger charge is -2.38. The standard InChI is InChI=1S/C37H30N2O4/c1-3-22-43-27-18-16-25(17-19-27)33(40)31-32(34(41)26-14-12-23(2)13-15-26)39-21-20-24-8-4-5-9-28(24)35(39)37(31)29-10-6-7-11-30(29)38-36(37)42/h3-21,31-32,35H,1,22H2,2H3,(H,38,42)/t31-,32+,35+,37+/m0/s1. The van der Waals surface area contributed by atoms with Crippen LogP contribution in [0, 0.1) is 12.8 Å². The van der Waals surface area contributed by atoms with Crippen molar-refractivity contribution in [1.29, 1.82) is 0 Å². The maximum absolute atomic E-state index is 14.9. The zero-order valence-electron chi connectivity index (χ0n) is 23.7. The average molecular weight is 567 g/mol. The van der Waals surface area contributed by atoms with Gasteiger partial charge in [0.15, 0.2) is 11.6 Å². The van der Waals surface area contributed by atoms with E-state index < -0.39 is 23.4 Å². The van der Waals surface area contributed by atoms with Gasteiger partial charge in [0.05, 0.1) is 12.0 Å². The zero-order valence-corrected chi connectivity index (χ0v) is 23.7. The summed E-state index contributed by atoms with van der Waals surface area (Å²) in [4.78, 5) is 46.0. The van der Waals surface area contributed by atoms with Crippen molar-refractivity contribution in [1.82, 2.24) is 4.90 Å². The fourth-order valence-corrected chi connectivity index (χ4v) is 7.11. The van der Waals surface area contributed by atoms with Crippen LogP contribution in [-0.4, -0.2) is 35.0 Å². The van der Waals surface area contributed by atoms with Crippen LogP contribution in [0.5, 0.6) is 5.75 Å². The lowest BCUT2D eigenvalue weighted by molar-refractivity contribution is -0.122. The highest BCUT2D eigenvalue weighted by atomic mass is 16.5. The number of benzene rings is 4. The molecule has 1 N–H and O–H groups in total. The summed E-state index contributed by atoms with van der Waals surface area (Å²) in [7, 11) is 0. The SMILES string of the molecule is C=CCOc1ccc(C(=O)[C@@H]2[C@H](C(=O)c3ccc(C)cc3)N3C=Cc4ccccc4[C@@H]3[C@]23C(=O)Nc2ccccc23)cc1. The molecule has 0 saturated carbocycles. The summed E-state index contributed by atoms with van der Waals surface area (Å²) in [6, 6.07) is 28.2. The molecule has 0 unspecified atom stereocenters. The normalized spacial score (nSPS) is 22.9. The van der Waals surface area contributed by atoms with Crippen LogP contribution in [0.3, 0.4) is 0 Å². The third kappa shape index (κ3) is 3.97. The second-order valence-electron chi connectivity index (χ2n) is 11.3. The minimum Gasteiger partial charge on any atom is -0.490 e. The topological polar surface area (TPSA) is 75.7 Å². The van der Waals surface area contributed by atoms with Crippen LogP contribution >= 0.6 is 0 Å². The molecule has 3 aliphatic heterocycles. The number of nitrogens with zero attached hydrogens (tertiary/aromatic N) is 1. The number of carbonyl (C=O) groups excluding carboxylic acids is 3. The second kappa shape index (κ2) is 10.2. The number of anilines is 1. The van der Waals surface area contributed by atoms with E-state index in [9.17, 15) is 14.4 Å². The van der Waals surface area contributed by atoms with Gasteiger partial charge in [0.1, 0.15) is 23.8 Å². The molecule has 1 amide bonds. The van der Waals surface area contributed by atoms with Crippen molar-refractivity contribution in [2.45, 2.75) is 24.4 Å². The Morgan fingerprint density at radius 2 is 1.58 bits per heavy atom. The summed E-state index contributed by atoms with van der Waals surface area (Å²) in [5, 5.41) is 3.09. The lowest BCUT2D eigenvalue weighted by Crippen LogP contribution is -2.49. The highest BCUT2D eigenvalue weighted by Gasteiger charge is 2.70. The number of Topliss-reactive ketones (excluding diaryl/α,β-unsaturated/α-hetero) is 2. The van der Waals surface area contributed by atoms with Gasteiger partial charge in [-0.1, -0.05) is 84.9 Å². The molecule has 0 aliphatic carbocycles. The lowest BCUT2D eigenvalue weighted by atomic mass is 9.62. The predicted octanol–water partition coefficient (Wildman–Crippen LogP) is 6.54. The van der Waals surface area contributed by atoms with E-state index in [4.69, 9.17) is 4.74 Å². The van der Waals surface area contributed by atoms with Gasteiger partial charge in [0.25, 0.3) is 0 Å². The Balaban J connectivity index is 1.47. The van der Waals surface area contributed by atoms with Gasteiger partial charge in [-0.25, -0.2) is 0 Å². The van der Waals surface area contributed by atoms with Crippen LogP contribution in [0.2, 0.25) is 0 Å². The Kier molecular flexibility index (Phi) is 6.35. The molecule has 0 aromatic heterocycles. The number of ketones is 2. The molecule has 3 heterocycles. The fraction of sp³-hybridized carbons (Fsp3) is 0.162. The molecule has 43 heavy (non-hydrogen) atoms. The Morgan fingerprint density at radius 1 is 0.907 bits per heavy atom. The Bertz CT molecular complexity index is 1810. The molecule has 6 nitrogen and oxygen atoms in total. The second-order valence-corrected chi connectivity index (χ2v) is 11.3. The van der Waals surface area contributed by atoms with E-state index in [-0.39, 0.29) is 17.5 Å². The van der Waals surface area contributed by atoms with Gasteiger partial charge in [-0.3, -0.25) is 14.4 Å². The van der Waals surface area contributed by atoms with Crippen molar-refractivity contribution in [3.8, 4) is 5.75 Å². The molecule has 0 bridgehead atoms. The number of carbonyl (C=O) groups is 3. The van der Waals surface area contributed by atoms with E-state index in [1.54, 1.807) is 42.5 Å². The summed E-state index contributed by atoms with van der Waals surface area (Å²) in [6.45, 7) is 5.99. The molecule has 0 radical (unpaired) electrons. The number of aryl methyl sites for hydroxylation is 1. The maximum Gasteiger partial charge on any atom is 0.238 e. The van der Waals surface area contributed by atoms with Crippen LogP contribution in [0.15, 0.2) is 116 Å². The Morgan fingerprint density at radius 3 is 2.35 bits per heavy atom. The Labute approximate surface area is 250 Å². The number of hydrogen-bond donors (Lipinski definition) is 1. The largest absolute Gasteiger partial charge is 0.490 e. The van der Waals surface area contributed by atoms with Gasteiger partial charge in [-0.15, -0.1) is 0 Å². The number of para-hydroxylation sites is 1. The third-order valence-electron chi connectivity index (χ3n) is 8.96. The van der Waals surface area contributed by atoms with E-state index in [0.29, 0.717) is 29.2 Å². The van der Waals surface area contributed by atoms with Crippen molar-refractivity contribution in [2.75, 3.05) is 11.9 Å². The number of hydrogen-bond acceptors (Lipinski definition) is 5. The Hall–Kier alpha value is -5.23. The van der Waals surface area contributed by atoms with E-state index in [1.807, 2.05) is 84.8 Å². The number of rotatable bonds is 7. The van der Waals surface area contributed by atoms with Crippen LogP contribution in [0.4, 0.5) is 5.69 Å². The van der Waals surface area contributed by atoms with E-state index in [1.165, 1.54) is 0 Å². The summed E-state index contributed by atoms with van der Waals surface area (Å²) in [6.07, 6.45) is 5.51. The third-order valence-corrected chi connectivity index (χ3v) is 8.96. The number of fused-ring (bicyclic) bond motifs is 6. The number of ether oxygens (including phenoxy) is 1. The molecular formula is C37H30N2O4. The molecule has 3 aliphatic rings. The first-order chi connectivity index (χ1) is 20.9. The van der Waals surface area contributed by atoms with Gasteiger partial charge < -0.3 is 15.0 Å². The zero-order chi connectivity index (χ0) is 29.7. The summed E-state index contributed by atoms with van der Waals surface area (Å²) in [5.74, 6) is -1.17. The first-order valence-corrected chi connectivity index (χ1v) is 14.4. The highest BCUT2D eigenvalue weighted by Crippen LogP contribution is 2.62. The van der Waals surface area contributed by atoms with Crippen LogP contribution in [0.1, 0.15) is 49.0 Å². The predicted molar refractivity (Wildman–Crippen MR) is 166 cm³/mol. The molecule has 7 rings (SSSR count). The average Bonchev–Trinajstić information content (AvgIpc) is 3.52. The molecule has 212 valence electrons. The minimum atomic E-state index is -1.36. The van der Waals surface area contributed by atoms with Crippen LogP contribution in [-0.2, 0) is 10.2 Å². The molecule has 6 heteroatoms. The van der Waals surface area contributed by atoms with Crippen molar-refractivity contribution in [3.63, 3.8) is 0 Å². The van der Waals surface area contributed by atoms with Gasteiger partial charge in [-0.05, 0) is 60.0 Å². The van der Waals surface area contributed by atoms with Gasteiger partial charge >= 0.3 is 0 Å². The quantitative estimate of drug-likeness (QED) is 0.203. The van der Waals surface area contributed by atoms with Crippen LogP contribution in [0.25, 0.3) is 6.08 Å². The number of nitrogens with one attached hydrogen (secondary N) is 1. The smallest absolute Gasteiger partial charge is 0.238 e. The summed E-state index contributed by atoms with van der Waals surface area (Å²) >= 11 is 0. The van der Waals surface area contributed by atoms with E-state index >= 15 is 0 Å². The van der Waals surface area contributed by atoms with Crippen molar-refractivity contribution in [3.05, 3.63) is 149 Å². The number of amides is 1. The maximum atomic E-state index is 14.9. The molecule has 1 saturated heterocycles. The summed E-state index contributed by atoms with van der Waals surface area (Å²) in [5.41, 5.74) is 3.82. The molecule has 1 spiro atoms. The van der Waals surface area contributed by atoms with Gasteiger partial charge in [0.2, 0.25) is 5.91 Å². The van der Waals surface area contributed by atoms with Gasteiger partial charge in [-0.2, -0.15) is 0 Å². The molecule has 4 aromatic carbocycles. The fourth-order valence-electron chi connectivity index (χ4n) is 7.11. The van der Waals surface area contributed by atoms with Crippen molar-refractivity contribution >= 4 is 29.2 Å². The molecule has 4 aromatic rings. The molecular weight excluding hydrogens is 536 g/mol. The van der Waals surface area contributed by atoms with E-state index in [2.05, 4.69) is 11.9 Å².